The fraction of sp³-hybridized carbons (Fsp3) is 0.417. The highest BCUT2D eigenvalue weighted by molar-refractivity contribution is 7.88. The maximum atomic E-state index is 14.0. The van der Waals surface area contributed by atoms with E-state index in [1.54, 1.807) is 18.2 Å². The summed E-state index contributed by atoms with van der Waals surface area (Å²) in [6, 6.07) is 7.67. The maximum absolute atomic E-state index is 14.0. The van der Waals surface area contributed by atoms with Gasteiger partial charge in [-0.1, -0.05) is 29.3 Å². The summed E-state index contributed by atoms with van der Waals surface area (Å²) in [5.74, 6) is -1.79. The summed E-state index contributed by atoms with van der Waals surface area (Å²) < 4.78 is 50.1. The van der Waals surface area contributed by atoms with Crippen LogP contribution in [0.2, 0.25) is 10.0 Å². The third-order valence-electron chi connectivity index (χ3n) is 6.41. The van der Waals surface area contributed by atoms with Gasteiger partial charge in [-0.15, -0.1) is 0 Å². The number of methoxy groups -OCH3 is 3. The van der Waals surface area contributed by atoms with Gasteiger partial charge in [-0.25, -0.2) is 0 Å². The van der Waals surface area contributed by atoms with Crippen molar-refractivity contribution in [3.05, 3.63) is 51.5 Å². The number of Topliss-reactive ketones (excluding diaryl/α,β-unsaturated/α-hetero) is 1. The van der Waals surface area contributed by atoms with E-state index in [4.69, 9.17) is 37.4 Å². The minimum atomic E-state index is -5.01. The van der Waals surface area contributed by atoms with Crippen molar-refractivity contribution in [3.63, 3.8) is 0 Å². The average molecular weight is 560 g/mol. The van der Waals surface area contributed by atoms with Gasteiger partial charge in [0.15, 0.2) is 22.0 Å². The minimum absolute atomic E-state index is 0.0731. The molecule has 1 aliphatic heterocycles. The second-order valence-corrected chi connectivity index (χ2v) is 10.9. The van der Waals surface area contributed by atoms with Crippen LogP contribution in [0, 0.1) is 5.92 Å². The number of benzene rings is 2. The van der Waals surface area contributed by atoms with E-state index in [0.717, 1.165) is 5.56 Å². The van der Waals surface area contributed by atoms with Crippen LogP contribution in [0.25, 0.3) is 0 Å². The maximum Gasteiger partial charge on any atom is 0.278 e. The Morgan fingerprint density at radius 3 is 2.19 bits per heavy atom. The van der Waals surface area contributed by atoms with E-state index in [9.17, 15) is 22.6 Å². The van der Waals surface area contributed by atoms with Gasteiger partial charge in [-0.05, 0) is 49.1 Å². The second kappa shape index (κ2) is 11.2. The topological polar surface area (TPSA) is 128 Å². The Bertz CT molecular complexity index is 1240. The van der Waals surface area contributed by atoms with E-state index < -0.39 is 32.5 Å². The highest BCUT2D eigenvalue weighted by Crippen LogP contribution is 2.43. The summed E-state index contributed by atoms with van der Waals surface area (Å²) >= 11 is 12.1. The molecule has 1 fully saturated rings. The van der Waals surface area contributed by atoms with E-state index in [2.05, 4.69) is 5.32 Å². The first-order valence-corrected chi connectivity index (χ1v) is 13.2. The molecule has 2 aromatic rings. The summed E-state index contributed by atoms with van der Waals surface area (Å²) in [6.45, 7) is -0.0818. The second-order valence-electron chi connectivity index (χ2n) is 8.41. The van der Waals surface area contributed by atoms with Crippen LogP contribution in [0.15, 0.2) is 30.3 Å². The van der Waals surface area contributed by atoms with Crippen LogP contribution in [0.4, 0.5) is 0 Å². The summed E-state index contributed by atoms with van der Waals surface area (Å²) in [4.78, 5) is 26.1. The lowest BCUT2D eigenvalue weighted by atomic mass is 9.80. The van der Waals surface area contributed by atoms with E-state index in [0.29, 0.717) is 16.5 Å². The lowest BCUT2D eigenvalue weighted by molar-refractivity contribution is -0.119. The van der Waals surface area contributed by atoms with Crippen molar-refractivity contribution in [1.29, 1.82) is 0 Å². The summed E-state index contributed by atoms with van der Waals surface area (Å²) in [7, 11) is -0.896. The number of carbonyl (C=O) groups excluding carboxylic acids is 2. The van der Waals surface area contributed by atoms with Gasteiger partial charge in [0.05, 0.1) is 31.4 Å². The first-order chi connectivity index (χ1) is 17.0. The van der Waals surface area contributed by atoms with Crippen molar-refractivity contribution >= 4 is 45.0 Å². The molecular formula is C24H27Cl2NO8S. The molecule has 0 saturated carbocycles. The largest absolute Gasteiger partial charge is 0.493 e. The highest BCUT2D eigenvalue weighted by atomic mass is 35.5. The molecule has 12 heteroatoms. The summed E-state index contributed by atoms with van der Waals surface area (Å²) in [5, 5.41) is 3.29. The quantitative estimate of drug-likeness (QED) is 0.312. The van der Waals surface area contributed by atoms with Gasteiger partial charge < -0.3 is 19.5 Å². The molecule has 0 radical (unpaired) electrons. The summed E-state index contributed by atoms with van der Waals surface area (Å²) in [5.41, 5.74) is 0.700. The van der Waals surface area contributed by atoms with E-state index >= 15 is 0 Å². The van der Waals surface area contributed by atoms with Crippen molar-refractivity contribution < 1.29 is 36.8 Å². The minimum Gasteiger partial charge on any atom is -0.493 e. The smallest absolute Gasteiger partial charge is 0.278 e. The molecule has 2 N–H and O–H groups in total. The number of ketones is 1. The monoisotopic (exact) mass is 559 g/mol. The van der Waals surface area contributed by atoms with Crippen LogP contribution in [-0.2, 0) is 21.3 Å². The first-order valence-electron chi connectivity index (χ1n) is 11.0. The molecule has 1 heterocycles. The Kier molecular flexibility index (Phi) is 8.76. The number of halogens is 2. The molecule has 0 aliphatic carbocycles. The number of amides is 1. The Morgan fingerprint density at radius 2 is 1.72 bits per heavy atom. The van der Waals surface area contributed by atoms with E-state index in [1.165, 1.54) is 33.5 Å². The number of hydrogen-bond donors (Lipinski definition) is 2. The fourth-order valence-corrected chi connectivity index (χ4v) is 6.26. The van der Waals surface area contributed by atoms with Crippen LogP contribution in [-0.4, -0.2) is 57.3 Å². The number of nitrogens with one attached hydrogen (secondary N) is 1. The van der Waals surface area contributed by atoms with Crippen LogP contribution in [0.3, 0.4) is 0 Å². The molecule has 3 rings (SSSR count). The predicted octanol–water partition coefficient (Wildman–Crippen LogP) is 3.99. The number of hydrogen-bond acceptors (Lipinski definition) is 7. The highest BCUT2D eigenvalue weighted by Gasteiger charge is 2.57. The van der Waals surface area contributed by atoms with Gasteiger partial charge in [0.2, 0.25) is 11.7 Å². The molecule has 196 valence electrons. The van der Waals surface area contributed by atoms with E-state index in [1.807, 2.05) is 0 Å². The van der Waals surface area contributed by atoms with Crippen LogP contribution in [0.5, 0.6) is 17.2 Å². The van der Waals surface area contributed by atoms with Gasteiger partial charge in [0, 0.05) is 24.4 Å². The third kappa shape index (κ3) is 5.41. The molecular weight excluding hydrogens is 533 g/mol. The van der Waals surface area contributed by atoms with Gasteiger partial charge in [-0.3, -0.25) is 14.1 Å². The zero-order valence-electron chi connectivity index (χ0n) is 20.0. The van der Waals surface area contributed by atoms with Crippen LogP contribution >= 0.6 is 23.2 Å². The van der Waals surface area contributed by atoms with Crippen LogP contribution in [0.1, 0.15) is 35.2 Å². The van der Waals surface area contributed by atoms with Gasteiger partial charge in [0.1, 0.15) is 0 Å². The molecule has 1 amide bonds. The Morgan fingerprint density at radius 1 is 1.08 bits per heavy atom. The zero-order valence-corrected chi connectivity index (χ0v) is 22.3. The molecule has 2 aromatic carbocycles. The van der Waals surface area contributed by atoms with Gasteiger partial charge >= 0.3 is 0 Å². The van der Waals surface area contributed by atoms with Crippen molar-refractivity contribution in [2.75, 3.05) is 27.9 Å². The van der Waals surface area contributed by atoms with Gasteiger partial charge in [0.25, 0.3) is 10.1 Å². The Labute approximate surface area is 219 Å². The van der Waals surface area contributed by atoms with Crippen molar-refractivity contribution in [2.24, 2.45) is 5.92 Å². The van der Waals surface area contributed by atoms with E-state index in [-0.39, 0.29) is 48.6 Å². The Balaban J connectivity index is 2.08. The van der Waals surface area contributed by atoms with Crippen molar-refractivity contribution in [2.45, 2.75) is 30.4 Å². The predicted molar refractivity (Wildman–Crippen MR) is 135 cm³/mol. The number of ether oxygens (including phenoxy) is 3. The molecule has 1 aliphatic rings. The van der Waals surface area contributed by atoms with Crippen molar-refractivity contribution in [3.8, 4) is 17.2 Å². The standard InChI is InChI=1S/C24H27Cl2NO8S/c1-33-19-10-15(11-20(34-2)22(19)35-3)23(29)24(36(30,31)32,16-12-21(28)27-13-16)8-4-5-14-6-7-17(25)18(26)9-14/h6-7,9-11,16H,4-5,8,12-13H2,1-3H3,(H,27,28)(H,30,31,32). The third-order valence-corrected chi connectivity index (χ3v) is 8.79. The molecule has 36 heavy (non-hydrogen) atoms. The molecule has 0 spiro atoms. The molecule has 1 saturated heterocycles. The lowest BCUT2D eigenvalue weighted by Gasteiger charge is -2.34. The molecule has 0 bridgehead atoms. The molecule has 9 nitrogen and oxygen atoms in total. The number of carbonyl (C=O) groups is 2. The molecule has 2 atom stereocenters. The normalized spacial score (nSPS) is 17.3. The van der Waals surface area contributed by atoms with Crippen LogP contribution < -0.4 is 19.5 Å². The molecule has 2 unspecified atom stereocenters. The first kappa shape index (κ1) is 28.0. The lowest BCUT2D eigenvalue weighted by Crippen LogP contribution is -2.53. The fourth-order valence-electron chi connectivity index (χ4n) is 4.60. The van der Waals surface area contributed by atoms with Crippen molar-refractivity contribution in [1.82, 2.24) is 5.32 Å². The summed E-state index contributed by atoms with van der Waals surface area (Å²) in [6.07, 6.45) is 0.0628. The number of rotatable bonds is 11. The zero-order chi connectivity index (χ0) is 26.7. The Hall–Kier alpha value is -2.53. The number of aryl methyl sites for hydroxylation is 1. The SMILES string of the molecule is COc1cc(C(=O)C(CCCc2ccc(Cl)c(Cl)c2)(C2CNC(=O)C2)S(=O)(=O)O)cc(OC)c1OC. The molecule has 0 aromatic heterocycles. The van der Waals surface area contributed by atoms with Gasteiger partial charge in [-0.2, -0.15) is 8.42 Å². The average Bonchev–Trinajstić information content (AvgIpc) is 3.27.